The van der Waals surface area contributed by atoms with E-state index < -0.39 is 14.9 Å². The van der Waals surface area contributed by atoms with E-state index in [1.165, 1.54) is 36.6 Å². The average Bonchev–Trinajstić information content (AvgIpc) is 3.27. The first-order valence-electron chi connectivity index (χ1n) is 8.60. The van der Waals surface area contributed by atoms with Crippen molar-refractivity contribution in [3.63, 3.8) is 0 Å². The van der Waals surface area contributed by atoms with Crippen LogP contribution in [-0.4, -0.2) is 26.2 Å². The second kappa shape index (κ2) is 8.93. The Balaban J connectivity index is 2.01. The monoisotopic (exact) mass is 446 g/mol. The third-order valence-corrected chi connectivity index (χ3v) is 6.42. The zero-order valence-electron chi connectivity index (χ0n) is 16.0. The first-order chi connectivity index (χ1) is 14.3. The molecular weight excluding hydrogens is 428 g/mol. The van der Waals surface area contributed by atoms with Crippen molar-refractivity contribution in [3.8, 4) is 5.75 Å². The van der Waals surface area contributed by atoms with Crippen LogP contribution in [0.5, 0.6) is 5.75 Å². The van der Waals surface area contributed by atoms with Crippen LogP contribution in [0.3, 0.4) is 0 Å². The summed E-state index contributed by atoms with van der Waals surface area (Å²) in [5.41, 5.74) is 3.29. The molecule has 9 nitrogen and oxygen atoms in total. The SMILES string of the molecule is COc1ccccc1NS(=O)(=O)c1cc([N+](=O)[O-])ccc1N/N=C(/C)c1cccs1. The molecule has 156 valence electrons. The van der Waals surface area contributed by atoms with E-state index in [9.17, 15) is 18.5 Å². The number of ether oxygens (including phenoxy) is 1. The summed E-state index contributed by atoms with van der Waals surface area (Å²) in [6.07, 6.45) is 0. The second-order valence-electron chi connectivity index (χ2n) is 6.03. The summed E-state index contributed by atoms with van der Waals surface area (Å²) < 4.78 is 33.7. The minimum Gasteiger partial charge on any atom is -0.495 e. The molecule has 2 aromatic carbocycles. The molecule has 0 unspecified atom stereocenters. The number of benzene rings is 2. The Bertz CT molecular complexity index is 1190. The molecule has 0 saturated heterocycles. The number of hydrazone groups is 1. The van der Waals surface area contributed by atoms with Gasteiger partial charge in [-0.2, -0.15) is 5.10 Å². The van der Waals surface area contributed by atoms with Crippen molar-refractivity contribution < 1.29 is 18.1 Å². The number of nitrogens with one attached hydrogen (secondary N) is 2. The number of anilines is 2. The summed E-state index contributed by atoms with van der Waals surface area (Å²) in [5.74, 6) is 0.313. The lowest BCUT2D eigenvalue weighted by Gasteiger charge is -2.14. The lowest BCUT2D eigenvalue weighted by molar-refractivity contribution is -0.385. The molecule has 0 atom stereocenters. The highest BCUT2D eigenvalue weighted by Crippen LogP contribution is 2.31. The second-order valence-corrected chi connectivity index (χ2v) is 8.63. The number of thiophene rings is 1. The van der Waals surface area contributed by atoms with Crippen molar-refractivity contribution in [1.82, 2.24) is 0 Å². The highest BCUT2D eigenvalue weighted by Gasteiger charge is 2.24. The van der Waals surface area contributed by atoms with Gasteiger partial charge in [-0.3, -0.25) is 20.3 Å². The fourth-order valence-electron chi connectivity index (χ4n) is 2.55. The number of rotatable bonds is 8. The van der Waals surface area contributed by atoms with Gasteiger partial charge in [-0.05, 0) is 36.6 Å². The summed E-state index contributed by atoms with van der Waals surface area (Å²) in [7, 11) is -2.79. The quantitative estimate of drug-likeness (QED) is 0.302. The van der Waals surface area contributed by atoms with E-state index in [1.807, 2.05) is 17.5 Å². The average molecular weight is 447 g/mol. The third kappa shape index (κ3) is 4.75. The smallest absolute Gasteiger partial charge is 0.270 e. The molecule has 3 aromatic rings. The molecule has 0 aliphatic rings. The third-order valence-electron chi connectivity index (χ3n) is 4.04. The Kier molecular flexibility index (Phi) is 6.33. The van der Waals surface area contributed by atoms with Gasteiger partial charge in [0.15, 0.2) is 0 Å². The Labute approximate surface area is 177 Å². The number of nitro groups is 1. The standard InChI is InChI=1S/C19H18N4O5S2/c1-13(18-8-5-11-29-18)20-21-16-10-9-14(23(24)25)12-19(16)30(26,27)22-15-6-3-4-7-17(15)28-2/h3-12,21-22H,1-2H3/b20-13-. The van der Waals surface area contributed by atoms with Crippen LogP contribution in [0.25, 0.3) is 0 Å². The van der Waals surface area contributed by atoms with Gasteiger partial charge in [0.1, 0.15) is 10.6 Å². The van der Waals surface area contributed by atoms with Crippen molar-refractivity contribution in [1.29, 1.82) is 0 Å². The Morgan fingerprint density at radius 3 is 2.57 bits per heavy atom. The van der Waals surface area contributed by atoms with Gasteiger partial charge in [-0.1, -0.05) is 18.2 Å². The maximum atomic E-state index is 13.1. The first kappa shape index (κ1) is 21.3. The number of sulfonamides is 1. The maximum absolute atomic E-state index is 13.1. The molecule has 3 rings (SSSR count). The van der Waals surface area contributed by atoms with Crippen LogP contribution >= 0.6 is 11.3 Å². The van der Waals surface area contributed by atoms with E-state index in [4.69, 9.17) is 4.74 Å². The largest absolute Gasteiger partial charge is 0.495 e. The van der Waals surface area contributed by atoms with E-state index in [1.54, 1.807) is 25.1 Å². The molecular formula is C19H18N4O5S2. The van der Waals surface area contributed by atoms with Crippen LogP contribution in [0.15, 0.2) is 70.0 Å². The van der Waals surface area contributed by atoms with Crippen molar-refractivity contribution in [2.45, 2.75) is 11.8 Å². The Morgan fingerprint density at radius 2 is 1.90 bits per heavy atom. The topological polar surface area (TPSA) is 123 Å². The van der Waals surface area contributed by atoms with Crippen LogP contribution in [0, 0.1) is 10.1 Å². The summed E-state index contributed by atoms with van der Waals surface area (Å²) in [6, 6.07) is 13.7. The highest BCUT2D eigenvalue weighted by atomic mass is 32.2. The van der Waals surface area contributed by atoms with Crippen molar-refractivity contribution in [3.05, 3.63) is 75.0 Å². The maximum Gasteiger partial charge on any atom is 0.270 e. The van der Waals surface area contributed by atoms with E-state index in [0.717, 1.165) is 10.9 Å². The number of hydrogen-bond acceptors (Lipinski definition) is 8. The molecule has 0 aliphatic heterocycles. The molecule has 11 heteroatoms. The predicted octanol–water partition coefficient (Wildman–Crippen LogP) is 4.30. The highest BCUT2D eigenvalue weighted by molar-refractivity contribution is 7.93. The number of methoxy groups -OCH3 is 1. The summed E-state index contributed by atoms with van der Waals surface area (Å²) in [6.45, 7) is 1.77. The van der Waals surface area contributed by atoms with E-state index >= 15 is 0 Å². The number of nitrogens with zero attached hydrogens (tertiary/aromatic N) is 2. The zero-order valence-corrected chi connectivity index (χ0v) is 17.7. The molecule has 0 amide bonds. The molecule has 30 heavy (non-hydrogen) atoms. The van der Waals surface area contributed by atoms with E-state index in [0.29, 0.717) is 11.5 Å². The normalized spacial score (nSPS) is 11.7. The van der Waals surface area contributed by atoms with Crippen molar-refractivity contribution >= 4 is 44.1 Å². The Morgan fingerprint density at radius 1 is 1.13 bits per heavy atom. The molecule has 1 heterocycles. The van der Waals surface area contributed by atoms with Crippen molar-refractivity contribution in [2.24, 2.45) is 5.10 Å². The van der Waals surface area contributed by atoms with Gasteiger partial charge in [-0.15, -0.1) is 11.3 Å². The van der Waals surface area contributed by atoms with Gasteiger partial charge < -0.3 is 4.74 Å². The van der Waals surface area contributed by atoms with E-state index in [2.05, 4.69) is 15.2 Å². The molecule has 0 fully saturated rings. The summed E-state index contributed by atoms with van der Waals surface area (Å²) in [4.78, 5) is 11.1. The van der Waals surface area contributed by atoms with E-state index in [-0.39, 0.29) is 22.0 Å². The summed E-state index contributed by atoms with van der Waals surface area (Å²) in [5, 5.41) is 17.3. The van der Waals surface area contributed by atoms with Gasteiger partial charge >= 0.3 is 0 Å². The molecule has 2 N–H and O–H groups in total. The zero-order chi connectivity index (χ0) is 21.7. The number of hydrogen-bond donors (Lipinski definition) is 2. The molecule has 0 saturated carbocycles. The van der Waals surface area contributed by atoms with Gasteiger partial charge in [0.25, 0.3) is 15.7 Å². The molecule has 1 aromatic heterocycles. The van der Waals surface area contributed by atoms with Gasteiger partial charge in [0.2, 0.25) is 0 Å². The fourth-order valence-corrected chi connectivity index (χ4v) is 4.48. The molecule has 0 aliphatic carbocycles. The van der Waals surface area contributed by atoms with Crippen LogP contribution in [-0.2, 0) is 10.0 Å². The summed E-state index contributed by atoms with van der Waals surface area (Å²) >= 11 is 1.48. The van der Waals surface area contributed by atoms with Gasteiger partial charge in [0.05, 0.1) is 29.1 Å². The van der Waals surface area contributed by atoms with Gasteiger partial charge in [0, 0.05) is 17.0 Å². The molecule has 0 bridgehead atoms. The minimum atomic E-state index is -4.20. The van der Waals surface area contributed by atoms with Crippen LogP contribution in [0.4, 0.5) is 17.1 Å². The molecule has 0 radical (unpaired) electrons. The lowest BCUT2D eigenvalue weighted by Crippen LogP contribution is -2.16. The van der Waals surface area contributed by atoms with Crippen molar-refractivity contribution in [2.75, 3.05) is 17.3 Å². The predicted molar refractivity (Wildman–Crippen MR) is 117 cm³/mol. The Hall–Kier alpha value is -3.44. The molecule has 0 spiro atoms. The van der Waals surface area contributed by atoms with Crippen LogP contribution in [0.1, 0.15) is 11.8 Å². The van der Waals surface area contributed by atoms with Crippen LogP contribution in [0.2, 0.25) is 0 Å². The first-order valence-corrected chi connectivity index (χ1v) is 11.0. The minimum absolute atomic E-state index is 0.0962. The number of nitro benzene ring substituents is 1. The number of para-hydroxylation sites is 2. The fraction of sp³-hybridized carbons (Fsp3) is 0.105. The lowest BCUT2D eigenvalue weighted by atomic mass is 10.3. The number of non-ortho nitro benzene ring substituents is 1. The van der Waals surface area contributed by atoms with Gasteiger partial charge in [-0.25, -0.2) is 8.42 Å². The van der Waals surface area contributed by atoms with Crippen LogP contribution < -0.4 is 14.9 Å².